The number of likely N-dealkylation sites (N-methyl/N-ethyl adjacent to an activating group) is 1. The lowest BCUT2D eigenvalue weighted by atomic mass is 10.0. The summed E-state index contributed by atoms with van der Waals surface area (Å²) in [4.78, 5) is 28.8. The van der Waals surface area contributed by atoms with Gasteiger partial charge in [-0.1, -0.05) is 0 Å². The van der Waals surface area contributed by atoms with Gasteiger partial charge >= 0.3 is 12.3 Å². The van der Waals surface area contributed by atoms with Crippen molar-refractivity contribution in [2.45, 2.75) is 39.1 Å². The first-order chi connectivity index (χ1) is 17.8. The Hall–Kier alpha value is -3.51. The van der Waals surface area contributed by atoms with E-state index in [1.165, 1.54) is 12.1 Å². The predicted molar refractivity (Wildman–Crippen MR) is 131 cm³/mol. The van der Waals surface area contributed by atoms with Crippen LogP contribution in [-0.2, 0) is 22.2 Å². The van der Waals surface area contributed by atoms with Crippen LogP contribution in [0, 0.1) is 5.82 Å². The predicted octanol–water partition coefficient (Wildman–Crippen LogP) is 5.44. The number of carbonyl (C=O) groups excluding carboxylic acids is 2. The van der Waals surface area contributed by atoms with Crippen LogP contribution in [0.2, 0.25) is 0 Å². The molecule has 12 heteroatoms. The molecule has 1 fully saturated rings. The van der Waals surface area contributed by atoms with Gasteiger partial charge in [-0.3, -0.25) is 9.78 Å². The van der Waals surface area contributed by atoms with Crippen LogP contribution in [-0.4, -0.2) is 61.2 Å². The zero-order valence-electron chi connectivity index (χ0n) is 21.4. The molecule has 1 amide bonds. The van der Waals surface area contributed by atoms with E-state index >= 15 is 0 Å². The maximum atomic E-state index is 13.6. The average Bonchev–Trinajstić information content (AvgIpc) is 3.24. The second-order valence-corrected chi connectivity index (χ2v) is 9.63. The zero-order valence-corrected chi connectivity index (χ0v) is 21.4. The Morgan fingerprint density at radius 3 is 2.39 bits per heavy atom. The second-order valence-electron chi connectivity index (χ2n) is 9.63. The third kappa shape index (κ3) is 7.99. The van der Waals surface area contributed by atoms with Gasteiger partial charge in [-0.15, -0.1) is 0 Å². The van der Waals surface area contributed by atoms with Crippen LogP contribution >= 0.6 is 0 Å². The van der Waals surface area contributed by atoms with Crippen molar-refractivity contribution in [2.24, 2.45) is 0 Å². The van der Waals surface area contributed by atoms with Crippen molar-refractivity contribution in [3.05, 3.63) is 53.2 Å². The Morgan fingerprint density at radius 2 is 1.84 bits per heavy atom. The van der Waals surface area contributed by atoms with Crippen LogP contribution in [0.5, 0.6) is 0 Å². The molecule has 4 rings (SSSR count). The van der Waals surface area contributed by atoms with Crippen LogP contribution in [0.25, 0.3) is 22.2 Å². The van der Waals surface area contributed by atoms with E-state index in [-0.39, 0.29) is 40.8 Å². The number of benzene rings is 1. The topological polar surface area (TPSA) is 93.9 Å². The molecule has 0 aliphatic carbocycles. The summed E-state index contributed by atoms with van der Waals surface area (Å²) < 4.78 is 70.0. The number of hydrogen-bond donors (Lipinski definition) is 1. The van der Waals surface area contributed by atoms with Crippen molar-refractivity contribution >= 4 is 23.3 Å². The summed E-state index contributed by atoms with van der Waals surface area (Å²) in [6.45, 7) is 8.84. The summed E-state index contributed by atoms with van der Waals surface area (Å²) in [5, 5.41) is 2.51. The summed E-state index contributed by atoms with van der Waals surface area (Å²) in [5.74, 6) is -0.807. The minimum atomic E-state index is -4.75. The fourth-order valence-corrected chi connectivity index (χ4v) is 3.48. The first kappa shape index (κ1) is 29.1. The molecule has 3 aromatic rings. The number of ether oxygens (including phenoxy) is 2. The van der Waals surface area contributed by atoms with Crippen LogP contribution in [0.1, 0.15) is 42.5 Å². The highest BCUT2D eigenvalue weighted by Crippen LogP contribution is 2.39. The number of furan rings is 1. The normalized spacial score (nSPS) is 14.5. The third-order valence-electron chi connectivity index (χ3n) is 5.32. The first-order valence-corrected chi connectivity index (χ1v) is 11.7. The van der Waals surface area contributed by atoms with Crippen molar-refractivity contribution < 1.29 is 41.0 Å². The number of pyridine rings is 1. The smallest absolute Gasteiger partial charge is 0.420 e. The summed E-state index contributed by atoms with van der Waals surface area (Å²) in [6, 6.07) is 4.59. The quantitative estimate of drug-likeness (QED) is 0.349. The van der Waals surface area contributed by atoms with Crippen molar-refractivity contribution in [3.8, 4) is 11.3 Å². The third-order valence-corrected chi connectivity index (χ3v) is 5.32. The van der Waals surface area contributed by atoms with Gasteiger partial charge in [0.2, 0.25) is 0 Å². The van der Waals surface area contributed by atoms with Crippen molar-refractivity contribution in [1.82, 2.24) is 15.2 Å². The number of morpholine rings is 1. The van der Waals surface area contributed by atoms with Gasteiger partial charge in [0.1, 0.15) is 16.9 Å². The lowest BCUT2D eigenvalue weighted by molar-refractivity contribution is -0.136. The fraction of sp³-hybridized carbons (Fsp3) is 0.423. The molecule has 0 atom stereocenters. The number of halogens is 4. The minimum absolute atomic E-state index is 0.00877. The largest absolute Gasteiger partial charge is 0.459 e. The van der Waals surface area contributed by atoms with Crippen molar-refractivity contribution in [2.75, 3.05) is 33.4 Å². The average molecular weight is 540 g/mol. The molecule has 0 bridgehead atoms. The Labute approximate surface area is 216 Å². The molecule has 0 saturated carbocycles. The maximum Gasteiger partial charge on any atom is 0.420 e. The van der Waals surface area contributed by atoms with E-state index in [9.17, 15) is 27.2 Å². The Bertz CT molecular complexity index is 1280. The summed E-state index contributed by atoms with van der Waals surface area (Å²) >= 11 is 0. The van der Waals surface area contributed by atoms with Gasteiger partial charge in [-0.05, 0) is 52.1 Å². The summed E-state index contributed by atoms with van der Waals surface area (Å²) in [6.07, 6.45) is -4.49. The molecule has 1 N–H and O–H groups in total. The van der Waals surface area contributed by atoms with E-state index in [0.717, 1.165) is 44.6 Å². The number of fused-ring (bicyclic) bond motifs is 1. The van der Waals surface area contributed by atoms with Crippen molar-refractivity contribution in [1.29, 1.82) is 0 Å². The van der Waals surface area contributed by atoms with Gasteiger partial charge < -0.3 is 24.1 Å². The monoisotopic (exact) mass is 539 g/mol. The van der Waals surface area contributed by atoms with Gasteiger partial charge in [0.15, 0.2) is 12.1 Å². The van der Waals surface area contributed by atoms with E-state index in [1.54, 1.807) is 20.8 Å². The molecule has 1 aliphatic heterocycles. The van der Waals surface area contributed by atoms with E-state index < -0.39 is 34.8 Å². The number of aromatic nitrogens is 1. The number of nitrogens with one attached hydrogen (secondary N) is 1. The van der Waals surface area contributed by atoms with E-state index in [4.69, 9.17) is 13.9 Å². The molecule has 0 spiro atoms. The molecule has 3 heterocycles. The maximum absolute atomic E-state index is 13.6. The van der Waals surface area contributed by atoms with E-state index in [2.05, 4.69) is 22.2 Å². The van der Waals surface area contributed by atoms with Crippen LogP contribution in [0.3, 0.4) is 0 Å². The highest BCUT2D eigenvalue weighted by Gasteiger charge is 2.35. The SMILES string of the molecule is CC(C)(C)OC(=O)NCc1cc2cc(-c3cc(C=O)c(F)cn3)cc(C(F)(F)F)c2o1.CN1CCOCC1. The van der Waals surface area contributed by atoms with E-state index in [1.807, 2.05) is 0 Å². The molecule has 0 unspecified atom stereocenters. The molecule has 8 nitrogen and oxygen atoms in total. The molecule has 0 radical (unpaired) electrons. The number of hydrogen-bond acceptors (Lipinski definition) is 7. The lowest BCUT2D eigenvalue weighted by Crippen LogP contribution is -2.32. The highest BCUT2D eigenvalue weighted by atomic mass is 19.4. The molecular formula is C26H29F4N3O5. The molecule has 38 heavy (non-hydrogen) atoms. The van der Waals surface area contributed by atoms with Crippen LogP contribution in [0.4, 0.5) is 22.4 Å². The number of amides is 1. The molecule has 2 aromatic heterocycles. The van der Waals surface area contributed by atoms with Gasteiger partial charge in [0.25, 0.3) is 0 Å². The summed E-state index contributed by atoms with van der Waals surface area (Å²) in [7, 11) is 2.11. The number of nitrogens with zero attached hydrogens (tertiary/aromatic N) is 2. The number of alkyl halides is 3. The highest BCUT2D eigenvalue weighted by molar-refractivity contribution is 5.88. The van der Waals surface area contributed by atoms with Gasteiger partial charge in [0, 0.05) is 24.0 Å². The molecule has 1 aliphatic rings. The molecule has 1 saturated heterocycles. The number of carbonyl (C=O) groups is 2. The van der Waals surface area contributed by atoms with E-state index in [0.29, 0.717) is 0 Å². The van der Waals surface area contributed by atoms with Gasteiger partial charge in [-0.25, -0.2) is 9.18 Å². The summed E-state index contributed by atoms with van der Waals surface area (Å²) in [5.41, 5.74) is -2.54. The van der Waals surface area contributed by atoms with Gasteiger partial charge in [-0.2, -0.15) is 13.2 Å². The molecule has 206 valence electrons. The van der Waals surface area contributed by atoms with Crippen LogP contribution in [0.15, 0.2) is 34.9 Å². The lowest BCUT2D eigenvalue weighted by Gasteiger charge is -2.21. The van der Waals surface area contributed by atoms with Crippen LogP contribution < -0.4 is 5.32 Å². The number of rotatable bonds is 4. The molecule has 1 aromatic carbocycles. The molecular weight excluding hydrogens is 510 g/mol. The second kappa shape index (κ2) is 11.9. The minimum Gasteiger partial charge on any atom is -0.459 e. The fourth-order valence-electron chi connectivity index (χ4n) is 3.48. The Balaban J connectivity index is 0.000000494. The standard InChI is InChI=1S/C21H18F4N2O4.C5H11NO/c1-20(2,3)31-19(29)27-8-14-5-12-4-11(6-15(18(12)30-14)21(23,24)25)17-7-13(10-28)16(22)9-26-17;1-6-2-4-7-5-3-6/h4-7,9-10H,8H2,1-3H3,(H,27,29);2-5H2,1H3. The van der Waals surface area contributed by atoms with Gasteiger partial charge in [0.05, 0.1) is 42.8 Å². The Kier molecular flexibility index (Phi) is 9.10. The Morgan fingerprint density at radius 1 is 1.16 bits per heavy atom. The number of alkyl carbamates (subject to hydrolysis) is 1. The number of aldehydes is 1. The first-order valence-electron chi connectivity index (χ1n) is 11.7. The zero-order chi connectivity index (χ0) is 28.1. The van der Waals surface area contributed by atoms with Crippen molar-refractivity contribution in [3.63, 3.8) is 0 Å².